The molecule has 0 heterocycles. The summed E-state index contributed by atoms with van der Waals surface area (Å²) in [5, 5.41) is 8.90. The molecule has 2 nitrogen and oxygen atoms in total. The maximum absolute atomic E-state index is 10.8. The van der Waals surface area contributed by atoms with Gasteiger partial charge < -0.3 is 5.11 Å². The van der Waals surface area contributed by atoms with Crippen LogP contribution in [0.1, 0.15) is 17.9 Å². The Morgan fingerprint density at radius 3 is 2.54 bits per heavy atom. The smallest absolute Gasteiger partial charge is 0.321 e. The summed E-state index contributed by atoms with van der Waals surface area (Å²) in [6.45, 7) is 0. The van der Waals surface area contributed by atoms with Crippen molar-refractivity contribution in [1.82, 2.24) is 0 Å². The van der Waals surface area contributed by atoms with Gasteiger partial charge in [-0.2, -0.15) is 0 Å². The quantitative estimate of drug-likeness (QED) is 0.807. The van der Waals surface area contributed by atoms with Crippen LogP contribution in [0.4, 0.5) is 0 Å². The van der Waals surface area contributed by atoms with Crippen molar-refractivity contribution in [2.75, 3.05) is 0 Å². The minimum Gasteiger partial charge on any atom is -0.480 e. The molecule has 3 heteroatoms. The van der Waals surface area contributed by atoms with Crippen LogP contribution in [0.25, 0.3) is 0 Å². The van der Waals surface area contributed by atoms with Crippen LogP contribution in [0.15, 0.2) is 30.3 Å². The van der Waals surface area contributed by atoms with Crippen LogP contribution in [0.3, 0.4) is 0 Å². The van der Waals surface area contributed by atoms with Crippen molar-refractivity contribution in [2.24, 2.45) is 0 Å². The maximum Gasteiger partial charge on any atom is 0.321 e. The van der Waals surface area contributed by atoms with Gasteiger partial charge in [0.2, 0.25) is 0 Å². The zero-order valence-corrected chi connectivity index (χ0v) is 8.49. The summed E-state index contributed by atoms with van der Waals surface area (Å²) in [6, 6.07) is 9.74. The minimum absolute atomic E-state index is 0.131. The number of rotatable bonds is 2. The van der Waals surface area contributed by atoms with Crippen molar-refractivity contribution < 1.29 is 9.90 Å². The molecule has 1 aliphatic rings. The molecule has 0 spiro atoms. The second kappa shape index (κ2) is 2.84. The predicted molar refractivity (Wildman–Crippen MR) is 53.1 cm³/mol. The number of halogens is 1. The molecular formula is C10H9BrO2. The molecule has 1 aliphatic carbocycles. The molecule has 2 rings (SSSR count). The Bertz CT molecular complexity index is 336. The first kappa shape index (κ1) is 8.75. The van der Waals surface area contributed by atoms with Gasteiger partial charge in [-0.1, -0.05) is 46.3 Å². The van der Waals surface area contributed by atoms with Gasteiger partial charge in [0.1, 0.15) is 4.32 Å². The van der Waals surface area contributed by atoms with Crippen LogP contribution >= 0.6 is 15.9 Å². The molecule has 0 radical (unpaired) electrons. The highest BCUT2D eigenvalue weighted by Crippen LogP contribution is 2.57. The summed E-state index contributed by atoms with van der Waals surface area (Å²) in [5.41, 5.74) is 1.10. The zero-order chi connectivity index (χ0) is 9.47. The lowest BCUT2D eigenvalue weighted by atomic mass is 10.1. The van der Waals surface area contributed by atoms with E-state index in [4.69, 9.17) is 5.11 Å². The van der Waals surface area contributed by atoms with Gasteiger partial charge in [0.25, 0.3) is 0 Å². The fraction of sp³-hybridized carbons (Fsp3) is 0.300. The van der Waals surface area contributed by atoms with Gasteiger partial charge in [0.05, 0.1) is 0 Å². The lowest BCUT2D eigenvalue weighted by Gasteiger charge is -2.02. The molecule has 1 unspecified atom stereocenters. The Balaban J connectivity index is 2.21. The standard InChI is InChI=1S/C10H9BrO2/c11-10(9(12)13)6-8(10)7-4-2-1-3-5-7/h1-5,8H,6H2,(H,12,13)/t8-,10?/m0/s1. The number of benzene rings is 1. The first-order valence-electron chi connectivity index (χ1n) is 4.12. The van der Waals surface area contributed by atoms with Crippen molar-refractivity contribution in [3.63, 3.8) is 0 Å². The highest BCUT2D eigenvalue weighted by Gasteiger charge is 2.59. The number of carboxylic acid groups (broad SMARTS) is 1. The first-order valence-corrected chi connectivity index (χ1v) is 4.91. The van der Waals surface area contributed by atoms with Crippen LogP contribution in [0.5, 0.6) is 0 Å². The molecule has 0 amide bonds. The Labute approximate surface area is 84.7 Å². The van der Waals surface area contributed by atoms with Gasteiger partial charge in [-0.25, -0.2) is 0 Å². The summed E-state index contributed by atoms with van der Waals surface area (Å²) in [4.78, 5) is 10.8. The van der Waals surface area contributed by atoms with E-state index in [0.717, 1.165) is 5.56 Å². The zero-order valence-electron chi connectivity index (χ0n) is 6.90. The van der Waals surface area contributed by atoms with E-state index in [9.17, 15) is 4.79 Å². The Hall–Kier alpha value is -0.830. The Morgan fingerprint density at radius 2 is 2.08 bits per heavy atom. The van der Waals surface area contributed by atoms with Crippen LogP contribution in [0, 0.1) is 0 Å². The van der Waals surface area contributed by atoms with Crippen molar-refractivity contribution in [3.05, 3.63) is 35.9 Å². The van der Waals surface area contributed by atoms with Crippen molar-refractivity contribution in [2.45, 2.75) is 16.7 Å². The van der Waals surface area contributed by atoms with Gasteiger partial charge in [-0.05, 0) is 12.0 Å². The average molecular weight is 241 g/mol. The van der Waals surface area contributed by atoms with E-state index in [0.29, 0.717) is 6.42 Å². The number of hydrogen-bond donors (Lipinski definition) is 1. The van der Waals surface area contributed by atoms with E-state index in [1.807, 2.05) is 30.3 Å². The second-order valence-electron chi connectivity index (χ2n) is 3.34. The van der Waals surface area contributed by atoms with Gasteiger partial charge >= 0.3 is 5.97 Å². The average Bonchev–Trinajstić information content (AvgIpc) is 2.81. The molecule has 1 N–H and O–H groups in total. The highest BCUT2D eigenvalue weighted by molar-refractivity contribution is 9.10. The minimum atomic E-state index is -0.763. The lowest BCUT2D eigenvalue weighted by molar-refractivity contribution is -0.137. The number of aliphatic carboxylic acids is 1. The topological polar surface area (TPSA) is 37.3 Å². The predicted octanol–water partition coefficient (Wildman–Crippen LogP) is 2.39. The molecule has 0 saturated heterocycles. The third kappa shape index (κ3) is 1.37. The molecule has 1 fully saturated rings. The molecule has 13 heavy (non-hydrogen) atoms. The Morgan fingerprint density at radius 1 is 1.46 bits per heavy atom. The van der Waals surface area contributed by atoms with Crippen LogP contribution in [0.2, 0.25) is 0 Å². The van der Waals surface area contributed by atoms with Crippen LogP contribution in [-0.4, -0.2) is 15.4 Å². The van der Waals surface area contributed by atoms with E-state index < -0.39 is 10.3 Å². The SMILES string of the molecule is O=C(O)C1(Br)C[C@H]1c1ccccc1. The molecule has 0 aromatic heterocycles. The van der Waals surface area contributed by atoms with E-state index in [2.05, 4.69) is 15.9 Å². The highest BCUT2D eigenvalue weighted by atomic mass is 79.9. The van der Waals surface area contributed by atoms with Gasteiger partial charge in [-0.3, -0.25) is 4.79 Å². The number of alkyl halides is 1. The number of hydrogen-bond acceptors (Lipinski definition) is 1. The molecule has 1 saturated carbocycles. The third-order valence-corrected chi connectivity index (χ3v) is 3.67. The van der Waals surface area contributed by atoms with Crippen LogP contribution in [-0.2, 0) is 4.79 Å². The molecule has 0 bridgehead atoms. The summed E-state index contributed by atoms with van der Waals surface area (Å²) in [6.07, 6.45) is 0.687. The van der Waals surface area contributed by atoms with Gasteiger partial charge in [0, 0.05) is 5.92 Å². The number of carboxylic acids is 1. The molecule has 0 aliphatic heterocycles. The van der Waals surface area contributed by atoms with Crippen molar-refractivity contribution in [3.8, 4) is 0 Å². The molecule has 1 aromatic carbocycles. The first-order chi connectivity index (χ1) is 6.14. The van der Waals surface area contributed by atoms with Gasteiger partial charge in [-0.15, -0.1) is 0 Å². The largest absolute Gasteiger partial charge is 0.480 e. The fourth-order valence-electron chi connectivity index (χ4n) is 1.54. The fourth-order valence-corrected chi connectivity index (χ4v) is 2.13. The van der Waals surface area contributed by atoms with Crippen LogP contribution < -0.4 is 0 Å². The van der Waals surface area contributed by atoms with Gasteiger partial charge in [0.15, 0.2) is 0 Å². The van der Waals surface area contributed by atoms with E-state index in [-0.39, 0.29) is 5.92 Å². The lowest BCUT2D eigenvalue weighted by Crippen LogP contribution is -2.15. The van der Waals surface area contributed by atoms with Crippen molar-refractivity contribution in [1.29, 1.82) is 0 Å². The van der Waals surface area contributed by atoms with Crippen molar-refractivity contribution >= 4 is 21.9 Å². The summed E-state index contributed by atoms with van der Waals surface area (Å²) < 4.78 is -0.700. The number of carbonyl (C=O) groups is 1. The third-order valence-electron chi connectivity index (χ3n) is 2.45. The molecular weight excluding hydrogens is 232 g/mol. The molecule has 2 atom stereocenters. The normalized spacial score (nSPS) is 31.3. The monoisotopic (exact) mass is 240 g/mol. The Kier molecular flexibility index (Phi) is 1.91. The maximum atomic E-state index is 10.8. The molecule has 68 valence electrons. The van der Waals surface area contributed by atoms with E-state index in [1.165, 1.54) is 0 Å². The molecule has 1 aromatic rings. The summed E-state index contributed by atoms with van der Waals surface area (Å²) in [5.74, 6) is -0.632. The summed E-state index contributed by atoms with van der Waals surface area (Å²) in [7, 11) is 0. The van der Waals surface area contributed by atoms with E-state index >= 15 is 0 Å². The summed E-state index contributed by atoms with van der Waals surface area (Å²) >= 11 is 3.26. The second-order valence-corrected chi connectivity index (χ2v) is 4.75. The van der Waals surface area contributed by atoms with E-state index in [1.54, 1.807) is 0 Å².